The highest BCUT2D eigenvalue weighted by atomic mass is 16.2. The lowest BCUT2D eigenvalue weighted by atomic mass is 9.82. The van der Waals surface area contributed by atoms with Gasteiger partial charge in [-0.05, 0) is 19.8 Å². The van der Waals surface area contributed by atoms with E-state index in [-0.39, 0.29) is 24.0 Å². The van der Waals surface area contributed by atoms with Crippen LogP contribution in [0.3, 0.4) is 0 Å². The van der Waals surface area contributed by atoms with Crippen LogP contribution in [0.4, 0.5) is 4.79 Å². The number of urea groups is 1. The van der Waals surface area contributed by atoms with Gasteiger partial charge in [0.25, 0.3) is 5.91 Å². The minimum absolute atomic E-state index is 0.0700. The van der Waals surface area contributed by atoms with Crippen molar-refractivity contribution in [3.8, 4) is 0 Å². The van der Waals surface area contributed by atoms with Crippen LogP contribution in [0.25, 0.3) is 0 Å². The fraction of sp³-hybridized carbons (Fsp3) is 0.800. The van der Waals surface area contributed by atoms with Crippen LogP contribution in [0.2, 0.25) is 0 Å². The molecule has 1 heterocycles. The van der Waals surface area contributed by atoms with E-state index in [1.807, 2.05) is 6.92 Å². The van der Waals surface area contributed by atoms with Crippen LogP contribution in [0.1, 0.15) is 39.0 Å². The van der Waals surface area contributed by atoms with Crippen LogP contribution in [0.15, 0.2) is 0 Å². The van der Waals surface area contributed by atoms with E-state index in [0.717, 1.165) is 25.7 Å². The van der Waals surface area contributed by atoms with Crippen molar-refractivity contribution in [3.05, 3.63) is 0 Å². The molecule has 1 saturated carbocycles. The van der Waals surface area contributed by atoms with Crippen molar-refractivity contribution in [2.45, 2.75) is 44.6 Å². The summed E-state index contributed by atoms with van der Waals surface area (Å²) in [5, 5.41) is 2.58. The molecular formula is C10H16N2O2. The zero-order valence-electron chi connectivity index (χ0n) is 8.51. The van der Waals surface area contributed by atoms with Crippen LogP contribution in [-0.4, -0.2) is 28.9 Å². The SMILES string of the molecule is CC1(N2C(=O)CNC2=O)CCCCC1. The first kappa shape index (κ1) is 9.49. The number of nitrogens with zero attached hydrogens (tertiary/aromatic N) is 1. The Labute approximate surface area is 83.6 Å². The number of carbonyl (C=O) groups is 2. The van der Waals surface area contributed by atoms with Gasteiger partial charge in [0, 0.05) is 5.54 Å². The predicted octanol–water partition coefficient (Wildman–Crippen LogP) is 1.26. The number of carbonyl (C=O) groups excluding carboxylic acids is 2. The summed E-state index contributed by atoms with van der Waals surface area (Å²) in [5.74, 6) is -0.0700. The first-order valence-corrected chi connectivity index (χ1v) is 5.24. The van der Waals surface area contributed by atoms with Crippen molar-refractivity contribution in [2.24, 2.45) is 0 Å². The second-order valence-corrected chi connectivity index (χ2v) is 4.45. The molecule has 0 bridgehead atoms. The quantitative estimate of drug-likeness (QED) is 0.642. The summed E-state index contributed by atoms with van der Waals surface area (Å²) < 4.78 is 0. The number of hydrogen-bond donors (Lipinski definition) is 1. The first-order valence-electron chi connectivity index (χ1n) is 5.24. The fourth-order valence-corrected chi connectivity index (χ4v) is 2.51. The molecule has 0 radical (unpaired) electrons. The Bertz CT molecular complexity index is 253. The molecule has 4 nitrogen and oxygen atoms in total. The van der Waals surface area contributed by atoms with E-state index < -0.39 is 0 Å². The zero-order valence-corrected chi connectivity index (χ0v) is 8.51. The molecule has 2 fully saturated rings. The minimum Gasteiger partial charge on any atom is -0.329 e. The summed E-state index contributed by atoms with van der Waals surface area (Å²) in [5.41, 5.74) is -0.226. The largest absolute Gasteiger partial charge is 0.329 e. The van der Waals surface area contributed by atoms with E-state index in [1.54, 1.807) is 0 Å². The molecule has 0 aromatic heterocycles. The Morgan fingerprint density at radius 1 is 1.21 bits per heavy atom. The Morgan fingerprint density at radius 2 is 1.86 bits per heavy atom. The van der Waals surface area contributed by atoms with Crippen molar-refractivity contribution < 1.29 is 9.59 Å². The summed E-state index contributed by atoms with van der Waals surface area (Å²) >= 11 is 0. The van der Waals surface area contributed by atoms with Gasteiger partial charge in [-0.25, -0.2) is 4.79 Å². The predicted molar refractivity (Wildman–Crippen MR) is 51.7 cm³/mol. The Hall–Kier alpha value is -1.06. The number of amides is 3. The van der Waals surface area contributed by atoms with Crippen molar-refractivity contribution in [1.29, 1.82) is 0 Å². The van der Waals surface area contributed by atoms with Crippen LogP contribution in [-0.2, 0) is 4.79 Å². The van der Waals surface area contributed by atoms with E-state index in [0.29, 0.717) is 0 Å². The maximum absolute atomic E-state index is 11.5. The van der Waals surface area contributed by atoms with E-state index in [2.05, 4.69) is 5.32 Å². The Morgan fingerprint density at radius 3 is 2.36 bits per heavy atom. The molecule has 0 spiro atoms. The fourth-order valence-electron chi connectivity index (χ4n) is 2.51. The smallest absolute Gasteiger partial charge is 0.325 e. The molecule has 1 saturated heterocycles. The highest BCUT2D eigenvalue weighted by Crippen LogP contribution is 2.34. The summed E-state index contributed by atoms with van der Waals surface area (Å²) in [4.78, 5) is 24.5. The average Bonchev–Trinajstić information content (AvgIpc) is 2.48. The lowest BCUT2D eigenvalue weighted by molar-refractivity contribution is -0.129. The lowest BCUT2D eigenvalue weighted by Gasteiger charge is -2.39. The van der Waals surface area contributed by atoms with Crippen molar-refractivity contribution >= 4 is 11.9 Å². The molecule has 14 heavy (non-hydrogen) atoms. The van der Waals surface area contributed by atoms with E-state index in [4.69, 9.17) is 0 Å². The number of nitrogens with one attached hydrogen (secondary N) is 1. The topological polar surface area (TPSA) is 49.4 Å². The van der Waals surface area contributed by atoms with Gasteiger partial charge in [-0.3, -0.25) is 9.69 Å². The van der Waals surface area contributed by atoms with Crippen LogP contribution < -0.4 is 5.32 Å². The highest BCUT2D eigenvalue weighted by Gasteiger charge is 2.43. The molecule has 1 aliphatic carbocycles. The maximum atomic E-state index is 11.5. The Kier molecular flexibility index (Phi) is 2.21. The van der Waals surface area contributed by atoms with Gasteiger partial charge < -0.3 is 5.32 Å². The molecule has 0 unspecified atom stereocenters. The molecule has 4 heteroatoms. The second-order valence-electron chi connectivity index (χ2n) is 4.45. The summed E-state index contributed by atoms with van der Waals surface area (Å²) in [6.45, 7) is 2.20. The molecule has 0 atom stereocenters. The molecule has 1 N–H and O–H groups in total. The third-order valence-electron chi connectivity index (χ3n) is 3.31. The molecular weight excluding hydrogens is 180 g/mol. The highest BCUT2D eigenvalue weighted by molar-refractivity contribution is 6.02. The van der Waals surface area contributed by atoms with Gasteiger partial charge in [-0.2, -0.15) is 0 Å². The van der Waals surface area contributed by atoms with Crippen LogP contribution >= 0.6 is 0 Å². The molecule has 78 valence electrons. The summed E-state index contributed by atoms with van der Waals surface area (Å²) in [7, 11) is 0. The molecule has 3 amide bonds. The molecule has 2 aliphatic rings. The second kappa shape index (κ2) is 3.26. The summed E-state index contributed by atoms with van der Waals surface area (Å²) in [6.07, 6.45) is 5.36. The number of imide groups is 1. The Balaban J connectivity index is 2.18. The maximum Gasteiger partial charge on any atom is 0.325 e. The first-order chi connectivity index (χ1) is 6.63. The monoisotopic (exact) mass is 196 g/mol. The zero-order chi connectivity index (χ0) is 10.2. The standard InChI is InChI=1S/C10H16N2O2/c1-10(5-3-2-4-6-10)12-8(13)7-11-9(12)14/h2-7H2,1H3,(H,11,14). The van der Waals surface area contributed by atoms with E-state index in [9.17, 15) is 9.59 Å². The van der Waals surface area contributed by atoms with Gasteiger partial charge in [-0.1, -0.05) is 19.3 Å². The van der Waals surface area contributed by atoms with Gasteiger partial charge in [0.05, 0.1) is 6.54 Å². The summed E-state index contributed by atoms with van der Waals surface area (Å²) in [6, 6.07) is -0.209. The van der Waals surface area contributed by atoms with Gasteiger partial charge in [0.15, 0.2) is 0 Å². The van der Waals surface area contributed by atoms with E-state index in [1.165, 1.54) is 11.3 Å². The van der Waals surface area contributed by atoms with E-state index >= 15 is 0 Å². The van der Waals surface area contributed by atoms with Crippen LogP contribution in [0.5, 0.6) is 0 Å². The van der Waals surface area contributed by atoms with Gasteiger partial charge in [0.1, 0.15) is 0 Å². The van der Waals surface area contributed by atoms with Gasteiger partial charge >= 0.3 is 6.03 Å². The molecule has 0 aromatic carbocycles. The van der Waals surface area contributed by atoms with Crippen molar-refractivity contribution in [1.82, 2.24) is 10.2 Å². The lowest BCUT2D eigenvalue weighted by Crippen LogP contribution is -2.51. The molecule has 2 rings (SSSR count). The van der Waals surface area contributed by atoms with Crippen molar-refractivity contribution in [3.63, 3.8) is 0 Å². The third-order valence-corrected chi connectivity index (χ3v) is 3.31. The van der Waals surface area contributed by atoms with Crippen molar-refractivity contribution in [2.75, 3.05) is 6.54 Å². The van der Waals surface area contributed by atoms with Gasteiger partial charge in [0.2, 0.25) is 0 Å². The van der Waals surface area contributed by atoms with Crippen LogP contribution in [0, 0.1) is 0 Å². The average molecular weight is 196 g/mol. The minimum atomic E-state index is -0.226. The van der Waals surface area contributed by atoms with Gasteiger partial charge in [-0.15, -0.1) is 0 Å². The normalized spacial score (nSPS) is 26.5. The third kappa shape index (κ3) is 1.38. The number of hydrogen-bond acceptors (Lipinski definition) is 2. The number of rotatable bonds is 1. The molecule has 0 aromatic rings. The molecule has 1 aliphatic heterocycles.